The fourth-order valence-electron chi connectivity index (χ4n) is 3.72. The summed E-state index contributed by atoms with van der Waals surface area (Å²) in [5.74, 6) is 0.604. The second kappa shape index (κ2) is 7.46. The van der Waals surface area contributed by atoms with E-state index in [2.05, 4.69) is 0 Å². The van der Waals surface area contributed by atoms with Gasteiger partial charge in [0.15, 0.2) is 5.43 Å². The summed E-state index contributed by atoms with van der Waals surface area (Å²) in [6, 6.07) is 26.1. The molecule has 1 heterocycles. The first-order valence-electron chi connectivity index (χ1n) is 9.66. The molecule has 3 aromatic rings. The number of hydrogen-bond donors (Lipinski definition) is 1. The molecule has 2 aliphatic rings. The van der Waals surface area contributed by atoms with Crippen molar-refractivity contribution in [2.24, 2.45) is 0 Å². The smallest absolute Gasteiger partial charge is 0.336 e. The van der Waals surface area contributed by atoms with E-state index in [4.69, 9.17) is 9.15 Å². The number of hydrogen-bond acceptors (Lipinski definition) is 4. The van der Waals surface area contributed by atoms with Gasteiger partial charge in [0, 0.05) is 28.6 Å². The van der Waals surface area contributed by atoms with Gasteiger partial charge in [-0.2, -0.15) is 0 Å². The molecule has 0 bridgehead atoms. The van der Waals surface area contributed by atoms with Crippen molar-refractivity contribution in [2.45, 2.75) is 0 Å². The number of carboxylic acids is 1. The zero-order valence-corrected chi connectivity index (χ0v) is 16.2. The molecule has 0 radical (unpaired) electrons. The lowest BCUT2D eigenvalue weighted by molar-refractivity contribution is 0.0697. The van der Waals surface area contributed by atoms with Gasteiger partial charge < -0.3 is 14.3 Å². The summed E-state index contributed by atoms with van der Waals surface area (Å²) in [5, 5.41) is 10.5. The van der Waals surface area contributed by atoms with E-state index in [1.165, 1.54) is 12.1 Å². The van der Waals surface area contributed by atoms with Crippen LogP contribution in [-0.4, -0.2) is 11.1 Å². The van der Waals surface area contributed by atoms with E-state index in [9.17, 15) is 14.7 Å². The molecule has 1 aliphatic heterocycles. The number of ether oxygens (including phenoxy) is 1. The zero-order valence-electron chi connectivity index (χ0n) is 16.2. The predicted molar refractivity (Wildman–Crippen MR) is 118 cm³/mol. The Hall–Kier alpha value is -4.38. The molecule has 3 aromatic carbocycles. The first kappa shape index (κ1) is 18.6. The Morgan fingerprint density at radius 3 is 2.35 bits per heavy atom. The van der Waals surface area contributed by atoms with Gasteiger partial charge in [-0.05, 0) is 48.0 Å². The first-order chi connectivity index (χ1) is 15.1. The molecular weight excluding hydrogens is 392 g/mol. The normalized spacial score (nSPS) is 11.0. The van der Waals surface area contributed by atoms with Crippen LogP contribution in [0.1, 0.15) is 10.4 Å². The van der Waals surface area contributed by atoms with Crippen LogP contribution in [0.2, 0.25) is 0 Å². The van der Waals surface area contributed by atoms with Crippen molar-refractivity contribution in [2.75, 3.05) is 0 Å². The highest BCUT2D eigenvalue weighted by Crippen LogP contribution is 2.42. The summed E-state index contributed by atoms with van der Waals surface area (Å²) in [6.45, 7) is 0. The summed E-state index contributed by atoms with van der Waals surface area (Å²) in [4.78, 5) is 23.9. The van der Waals surface area contributed by atoms with E-state index in [0.29, 0.717) is 39.5 Å². The zero-order chi connectivity index (χ0) is 21.4. The maximum absolute atomic E-state index is 12.0. The number of rotatable bonds is 4. The van der Waals surface area contributed by atoms with E-state index in [-0.39, 0.29) is 11.0 Å². The highest BCUT2D eigenvalue weighted by Gasteiger charge is 2.21. The average molecular weight is 408 g/mol. The maximum Gasteiger partial charge on any atom is 0.336 e. The van der Waals surface area contributed by atoms with Gasteiger partial charge in [0.05, 0.1) is 5.56 Å². The fraction of sp³-hybridized carbons (Fsp3) is 0. The van der Waals surface area contributed by atoms with Crippen molar-refractivity contribution >= 4 is 16.9 Å². The minimum absolute atomic E-state index is 0.173. The minimum atomic E-state index is -1.03. The Bertz CT molecular complexity index is 1450. The van der Waals surface area contributed by atoms with Crippen LogP contribution >= 0.6 is 0 Å². The topological polar surface area (TPSA) is 76.7 Å². The number of carbonyl (C=O) groups is 1. The van der Waals surface area contributed by atoms with Gasteiger partial charge in [-0.15, -0.1) is 0 Å². The summed E-state index contributed by atoms with van der Waals surface area (Å²) in [7, 11) is 0. The van der Waals surface area contributed by atoms with Crippen LogP contribution in [0.5, 0.6) is 11.5 Å². The van der Waals surface area contributed by atoms with E-state index < -0.39 is 5.97 Å². The van der Waals surface area contributed by atoms with Crippen molar-refractivity contribution in [3.63, 3.8) is 0 Å². The van der Waals surface area contributed by atoms with Crippen molar-refractivity contribution in [1.82, 2.24) is 0 Å². The summed E-state index contributed by atoms with van der Waals surface area (Å²) in [5.41, 5.74) is 2.38. The highest BCUT2D eigenvalue weighted by molar-refractivity contribution is 6.07. The van der Waals surface area contributed by atoms with Gasteiger partial charge in [0.2, 0.25) is 0 Å². The highest BCUT2D eigenvalue weighted by atomic mass is 16.5. The van der Waals surface area contributed by atoms with Gasteiger partial charge >= 0.3 is 5.97 Å². The molecule has 0 fully saturated rings. The maximum atomic E-state index is 12.0. The van der Waals surface area contributed by atoms with Crippen LogP contribution in [0, 0.1) is 0 Å². The van der Waals surface area contributed by atoms with Gasteiger partial charge in [-0.3, -0.25) is 4.79 Å². The van der Waals surface area contributed by atoms with Crippen molar-refractivity contribution in [3.05, 3.63) is 107 Å². The molecule has 0 aromatic heterocycles. The fourth-order valence-corrected chi connectivity index (χ4v) is 3.72. The lowest BCUT2D eigenvalue weighted by Crippen LogP contribution is -2.03. The lowest BCUT2D eigenvalue weighted by Gasteiger charge is -2.17. The molecule has 0 atom stereocenters. The summed E-state index contributed by atoms with van der Waals surface area (Å²) < 4.78 is 12.0. The standard InChI is InChI=1S/C26H16O5/c27-16-10-12-21-23(14-16)31-24-15-18(30-17-6-2-1-3-7-17)11-13-22(24)25(21)19-8-4-5-9-20(19)26(28)29/h1-15H,(H,28,29). The second-order valence-electron chi connectivity index (χ2n) is 7.06. The van der Waals surface area contributed by atoms with E-state index in [1.54, 1.807) is 36.4 Å². The van der Waals surface area contributed by atoms with E-state index in [0.717, 1.165) is 5.39 Å². The third kappa shape index (κ3) is 3.42. The van der Waals surface area contributed by atoms with Crippen LogP contribution in [0.4, 0.5) is 0 Å². The Morgan fingerprint density at radius 2 is 1.55 bits per heavy atom. The second-order valence-corrected chi connectivity index (χ2v) is 7.06. The molecule has 0 unspecified atom stereocenters. The SMILES string of the molecule is O=C(O)c1ccccc1-c1c2ccc(=O)cc-2oc2cc(Oc3ccccc3)ccc12. The van der Waals surface area contributed by atoms with Gasteiger partial charge in [0.1, 0.15) is 22.8 Å². The molecular formula is C26H16O5. The quantitative estimate of drug-likeness (QED) is 0.366. The average Bonchev–Trinajstić information content (AvgIpc) is 2.78. The predicted octanol–water partition coefficient (Wildman–Crippen LogP) is 6.06. The molecule has 1 N–H and O–H groups in total. The molecule has 1 aliphatic carbocycles. The third-order valence-electron chi connectivity index (χ3n) is 5.07. The van der Waals surface area contributed by atoms with Crippen molar-refractivity contribution in [3.8, 4) is 33.9 Å². The minimum Gasteiger partial charge on any atom is -0.478 e. The van der Waals surface area contributed by atoms with Gasteiger partial charge in [-0.1, -0.05) is 36.4 Å². The molecule has 0 spiro atoms. The molecule has 31 heavy (non-hydrogen) atoms. The van der Waals surface area contributed by atoms with Gasteiger partial charge in [-0.25, -0.2) is 4.79 Å². The first-order valence-corrected chi connectivity index (χ1v) is 9.66. The Kier molecular flexibility index (Phi) is 4.49. The molecule has 5 rings (SSSR count). The van der Waals surface area contributed by atoms with E-state index in [1.807, 2.05) is 42.5 Å². The number of carboxylic acid groups (broad SMARTS) is 1. The van der Waals surface area contributed by atoms with Crippen molar-refractivity contribution < 1.29 is 19.1 Å². The summed E-state index contributed by atoms with van der Waals surface area (Å²) in [6.07, 6.45) is 0. The van der Waals surface area contributed by atoms with Crippen LogP contribution in [0.25, 0.3) is 33.4 Å². The molecule has 5 nitrogen and oxygen atoms in total. The number of para-hydroxylation sites is 1. The third-order valence-corrected chi connectivity index (χ3v) is 5.07. The monoisotopic (exact) mass is 408 g/mol. The molecule has 150 valence electrons. The Morgan fingerprint density at radius 1 is 0.774 bits per heavy atom. The number of benzene rings is 4. The number of fused-ring (bicyclic) bond motifs is 2. The van der Waals surface area contributed by atoms with Gasteiger partial charge in [0.25, 0.3) is 0 Å². The van der Waals surface area contributed by atoms with Crippen LogP contribution < -0.4 is 10.2 Å². The Labute approximate surface area is 177 Å². The molecule has 0 amide bonds. The largest absolute Gasteiger partial charge is 0.478 e. The van der Waals surface area contributed by atoms with Crippen LogP contribution in [-0.2, 0) is 0 Å². The Balaban J connectivity index is 1.79. The lowest BCUT2D eigenvalue weighted by atomic mass is 9.91. The molecule has 5 heteroatoms. The van der Waals surface area contributed by atoms with E-state index >= 15 is 0 Å². The van der Waals surface area contributed by atoms with Crippen LogP contribution in [0.15, 0.2) is 100 Å². The van der Waals surface area contributed by atoms with Crippen LogP contribution in [0.3, 0.4) is 0 Å². The molecule has 0 saturated heterocycles. The summed E-state index contributed by atoms with van der Waals surface area (Å²) >= 11 is 0. The number of aromatic carboxylic acids is 1. The van der Waals surface area contributed by atoms with Crippen molar-refractivity contribution in [1.29, 1.82) is 0 Å². The molecule has 0 saturated carbocycles.